The summed E-state index contributed by atoms with van der Waals surface area (Å²) >= 11 is 0. The summed E-state index contributed by atoms with van der Waals surface area (Å²) in [6.45, 7) is 3.64. The van der Waals surface area contributed by atoms with Gasteiger partial charge in [-0.25, -0.2) is 0 Å². The number of hydrogen-bond donors (Lipinski definition) is 1. The Kier molecular flexibility index (Phi) is 3.74. The number of terminal acetylenes is 1. The number of rotatable bonds is 1. The van der Waals surface area contributed by atoms with Gasteiger partial charge >= 0.3 is 5.97 Å². The molecule has 5 atom stereocenters. The summed E-state index contributed by atoms with van der Waals surface area (Å²) in [4.78, 5) is 11.2. The first-order chi connectivity index (χ1) is 11.9. The van der Waals surface area contributed by atoms with Gasteiger partial charge in [-0.1, -0.05) is 18.9 Å². The van der Waals surface area contributed by atoms with Gasteiger partial charge in [-0.3, -0.25) is 4.79 Å². The summed E-state index contributed by atoms with van der Waals surface area (Å²) in [7, 11) is 0. The molecular weight excluding hydrogens is 312 g/mol. The van der Waals surface area contributed by atoms with E-state index in [1.807, 2.05) is 12.1 Å². The van der Waals surface area contributed by atoms with Crippen LogP contribution < -0.4 is 4.74 Å². The molecule has 25 heavy (non-hydrogen) atoms. The number of aryl methyl sites for hydroxylation is 1. The van der Waals surface area contributed by atoms with Gasteiger partial charge < -0.3 is 9.84 Å². The van der Waals surface area contributed by atoms with E-state index in [2.05, 4.69) is 18.9 Å². The molecule has 0 radical (unpaired) electrons. The van der Waals surface area contributed by atoms with Gasteiger partial charge in [-0.05, 0) is 79.5 Å². The number of aliphatic hydroxyl groups is 1. The highest BCUT2D eigenvalue weighted by molar-refractivity contribution is 5.69. The highest BCUT2D eigenvalue weighted by atomic mass is 16.5. The molecule has 3 nitrogen and oxygen atoms in total. The molecule has 2 fully saturated rings. The minimum absolute atomic E-state index is 0.155. The molecule has 0 bridgehead atoms. The highest BCUT2D eigenvalue weighted by Gasteiger charge is 2.61. The van der Waals surface area contributed by atoms with Gasteiger partial charge in [0.15, 0.2) is 0 Å². The number of hydrogen-bond acceptors (Lipinski definition) is 3. The van der Waals surface area contributed by atoms with Crippen LogP contribution in [0.4, 0.5) is 0 Å². The fraction of sp³-hybridized carbons (Fsp3) is 0.591. The number of carbonyl (C=O) groups excluding carboxylic acids is 1. The van der Waals surface area contributed by atoms with Crippen LogP contribution in [0.15, 0.2) is 18.2 Å². The Hall–Kier alpha value is -1.79. The topological polar surface area (TPSA) is 46.5 Å². The summed E-state index contributed by atoms with van der Waals surface area (Å²) in [5.41, 5.74) is 1.62. The summed E-state index contributed by atoms with van der Waals surface area (Å²) < 4.78 is 5.25. The quantitative estimate of drug-likeness (QED) is 0.481. The van der Waals surface area contributed by atoms with E-state index >= 15 is 0 Å². The van der Waals surface area contributed by atoms with E-state index < -0.39 is 5.60 Å². The van der Waals surface area contributed by atoms with Crippen molar-refractivity contribution in [2.24, 2.45) is 17.3 Å². The molecule has 3 aliphatic rings. The van der Waals surface area contributed by atoms with Gasteiger partial charge in [0.2, 0.25) is 0 Å². The van der Waals surface area contributed by atoms with E-state index in [0.29, 0.717) is 23.5 Å². The second kappa shape index (κ2) is 5.61. The molecule has 2 saturated carbocycles. The third-order valence-corrected chi connectivity index (χ3v) is 7.35. The van der Waals surface area contributed by atoms with Crippen molar-refractivity contribution in [1.82, 2.24) is 0 Å². The van der Waals surface area contributed by atoms with Crippen LogP contribution in [-0.4, -0.2) is 16.7 Å². The zero-order valence-electron chi connectivity index (χ0n) is 15.0. The Balaban J connectivity index is 1.65. The van der Waals surface area contributed by atoms with Crippen molar-refractivity contribution >= 4 is 5.97 Å². The maximum Gasteiger partial charge on any atom is 0.308 e. The van der Waals surface area contributed by atoms with Crippen molar-refractivity contribution < 1.29 is 14.6 Å². The Bertz CT molecular complexity index is 761. The van der Waals surface area contributed by atoms with Gasteiger partial charge in [0, 0.05) is 12.3 Å². The largest absolute Gasteiger partial charge is 0.427 e. The lowest BCUT2D eigenvalue weighted by Gasteiger charge is -2.52. The summed E-state index contributed by atoms with van der Waals surface area (Å²) in [5.74, 6) is 4.72. The molecule has 0 amide bonds. The minimum Gasteiger partial charge on any atom is -0.427 e. The molecule has 4 rings (SSSR count). The summed E-state index contributed by atoms with van der Waals surface area (Å²) in [6.07, 6.45) is 11.7. The lowest BCUT2D eigenvalue weighted by Crippen LogP contribution is -2.50. The molecule has 1 aromatic rings. The Labute approximate surface area is 149 Å². The zero-order chi connectivity index (χ0) is 17.8. The van der Waals surface area contributed by atoms with Crippen LogP contribution in [0.3, 0.4) is 0 Å². The Morgan fingerprint density at radius 1 is 1.32 bits per heavy atom. The number of fused-ring (bicyclic) bond motifs is 5. The van der Waals surface area contributed by atoms with Crippen LogP contribution in [0, 0.1) is 29.6 Å². The molecule has 0 aromatic heterocycles. The average Bonchev–Trinajstić information content (AvgIpc) is 2.86. The van der Waals surface area contributed by atoms with E-state index in [1.165, 1.54) is 18.1 Å². The molecule has 0 heterocycles. The maximum atomic E-state index is 11.2. The summed E-state index contributed by atoms with van der Waals surface area (Å²) in [6, 6.07) is 6.10. The second-order valence-electron chi connectivity index (χ2n) is 8.37. The molecule has 1 N–H and O–H groups in total. The molecule has 3 aliphatic carbocycles. The van der Waals surface area contributed by atoms with Crippen LogP contribution in [-0.2, 0) is 11.2 Å². The fourth-order valence-electron chi connectivity index (χ4n) is 6.04. The third-order valence-electron chi connectivity index (χ3n) is 7.35. The molecule has 0 spiro atoms. The molecule has 0 aliphatic heterocycles. The smallest absolute Gasteiger partial charge is 0.308 e. The van der Waals surface area contributed by atoms with Crippen molar-refractivity contribution in [1.29, 1.82) is 0 Å². The fourth-order valence-corrected chi connectivity index (χ4v) is 6.04. The first kappa shape index (κ1) is 16.7. The van der Waals surface area contributed by atoms with E-state index in [1.54, 1.807) is 0 Å². The second-order valence-corrected chi connectivity index (χ2v) is 8.37. The van der Waals surface area contributed by atoms with Gasteiger partial charge in [0.25, 0.3) is 0 Å². The standard InChI is InChI=1S/C22H26O3/c1-4-22(24)12-10-20-19-7-5-15-13-16(25-14(2)23)6-8-17(15)18(19)9-11-21(20,22)3/h1,6,8,13,18-20,24H,5,7,9-12H2,2-3H3/t18-,19-,20+,21+,22+/m1/s1. The number of esters is 1. The highest BCUT2D eigenvalue weighted by Crippen LogP contribution is 2.64. The van der Waals surface area contributed by atoms with E-state index in [4.69, 9.17) is 11.2 Å². The van der Waals surface area contributed by atoms with Crippen molar-refractivity contribution in [2.75, 3.05) is 0 Å². The summed E-state index contributed by atoms with van der Waals surface area (Å²) in [5, 5.41) is 11.0. The number of ether oxygens (including phenoxy) is 1. The molecule has 0 unspecified atom stereocenters. The van der Waals surface area contributed by atoms with Gasteiger partial charge in [0.05, 0.1) is 0 Å². The number of carbonyl (C=O) groups is 1. The predicted molar refractivity (Wildman–Crippen MR) is 96.2 cm³/mol. The van der Waals surface area contributed by atoms with E-state index in [9.17, 15) is 9.90 Å². The normalized spacial score (nSPS) is 38.9. The van der Waals surface area contributed by atoms with Crippen LogP contribution in [0.25, 0.3) is 0 Å². The molecule has 1 aromatic carbocycles. The molecular formula is C22H26O3. The van der Waals surface area contributed by atoms with Crippen molar-refractivity contribution in [2.45, 2.75) is 63.9 Å². The SMILES string of the molecule is C#C[C@]1(O)CC[C@H]2[C@@H]3CCc4cc(OC(C)=O)ccc4[C@H]3CC[C@@]21C. The first-order valence-corrected chi connectivity index (χ1v) is 9.39. The van der Waals surface area contributed by atoms with Crippen LogP contribution in [0.2, 0.25) is 0 Å². The van der Waals surface area contributed by atoms with Gasteiger partial charge in [-0.2, -0.15) is 0 Å². The van der Waals surface area contributed by atoms with Crippen LogP contribution in [0.5, 0.6) is 5.75 Å². The molecule has 132 valence electrons. The molecule has 0 saturated heterocycles. The predicted octanol–water partition coefficient (Wildman–Crippen LogP) is 3.83. The van der Waals surface area contributed by atoms with Gasteiger partial charge in [0.1, 0.15) is 11.4 Å². The minimum atomic E-state index is -0.942. The van der Waals surface area contributed by atoms with Crippen molar-refractivity contribution in [3.05, 3.63) is 29.3 Å². The van der Waals surface area contributed by atoms with Crippen LogP contribution >= 0.6 is 0 Å². The zero-order valence-corrected chi connectivity index (χ0v) is 15.0. The monoisotopic (exact) mass is 338 g/mol. The van der Waals surface area contributed by atoms with Crippen LogP contribution in [0.1, 0.15) is 63.0 Å². The molecule has 3 heteroatoms. The Morgan fingerprint density at radius 3 is 2.84 bits per heavy atom. The number of benzene rings is 1. The lowest BCUT2D eigenvalue weighted by atomic mass is 9.53. The maximum absolute atomic E-state index is 11.2. The van der Waals surface area contributed by atoms with E-state index in [-0.39, 0.29) is 11.4 Å². The van der Waals surface area contributed by atoms with Crippen molar-refractivity contribution in [3.8, 4) is 18.1 Å². The average molecular weight is 338 g/mol. The van der Waals surface area contributed by atoms with Gasteiger partial charge in [-0.15, -0.1) is 6.42 Å². The first-order valence-electron chi connectivity index (χ1n) is 9.39. The van der Waals surface area contributed by atoms with Crippen molar-refractivity contribution in [3.63, 3.8) is 0 Å². The third kappa shape index (κ3) is 2.34. The lowest BCUT2D eigenvalue weighted by molar-refractivity contribution is -0.131. The Morgan fingerprint density at radius 2 is 2.12 bits per heavy atom. The van der Waals surface area contributed by atoms with E-state index in [0.717, 1.165) is 38.5 Å².